The van der Waals surface area contributed by atoms with Crippen molar-refractivity contribution in [1.29, 1.82) is 0 Å². The number of carbonyl (C=O) groups excluding carboxylic acids is 2. The summed E-state index contributed by atoms with van der Waals surface area (Å²) in [6, 6.07) is 3.97. The fourth-order valence-corrected chi connectivity index (χ4v) is 3.47. The van der Waals surface area contributed by atoms with Crippen LogP contribution in [0.5, 0.6) is 11.5 Å². The van der Waals surface area contributed by atoms with Gasteiger partial charge in [0.05, 0.1) is 19.8 Å². The molecule has 0 aliphatic carbocycles. The molecule has 0 saturated heterocycles. The van der Waals surface area contributed by atoms with Crippen molar-refractivity contribution in [3.63, 3.8) is 0 Å². The Bertz CT molecular complexity index is 1320. The Hall–Kier alpha value is -4.59. The summed E-state index contributed by atoms with van der Waals surface area (Å²) in [7, 11) is 2.49. The van der Waals surface area contributed by atoms with Crippen molar-refractivity contribution in [2.24, 2.45) is 0 Å². The molecule has 3 aromatic rings. The normalized spacial score (nSPS) is 12.2. The first-order chi connectivity index (χ1) is 16.9. The van der Waals surface area contributed by atoms with Gasteiger partial charge >= 0.3 is 6.03 Å². The summed E-state index contributed by atoms with van der Waals surface area (Å²) in [5, 5.41) is 2.57. The van der Waals surface area contributed by atoms with Crippen LogP contribution in [0, 0.1) is 23.5 Å². The fourth-order valence-electron chi connectivity index (χ4n) is 3.47. The summed E-state index contributed by atoms with van der Waals surface area (Å²) in [5.41, 5.74) is 0.815. The molecule has 0 saturated carbocycles. The number of nitrogens with one attached hydrogen (secondary N) is 1. The number of aryl methyl sites for hydroxylation is 1. The van der Waals surface area contributed by atoms with E-state index >= 15 is 0 Å². The fraction of sp³-hybridized carbons (Fsp3) is 0.208. The van der Waals surface area contributed by atoms with Gasteiger partial charge in [0.15, 0.2) is 29.4 Å². The number of anilines is 2. The van der Waals surface area contributed by atoms with Crippen LogP contribution in [0.4, 0.5) is 25.3 Å². The third-order valence-corrected chi connectivity index (χ3v) is 5.20. The quantitative estimate of drug-likeness (QED) is 0.452. The lowest BCUT2D eigenvalue weighted by atomic mass is 10.1. The topological polar surface area (TPSA) is 107 Å². The van der Waals surface area contributed by atoms with Crippen LogP contribution in [0.1, 0.15) is 33.6 Å². The molecular formula is C24H19F2N5O4. The Labute approximate surface area is 199 Å². The van der Waals surface area contributed by atoms with E-state index in [9.17, 15) is 18.4 Å². The molecular weight excluding hydrogens is 460 g/mol. The van der Waals surface area contributed by atoms with Crippen molar-refractivity contribution in [1.82, 2.24) is 15.0 Å². The number of benzene rings is 1. The van der Waals surface area contributed by atoms with Crippen molar-refractivity contribution in [2.75, 3.05) is 31.0 Å². The lowest BCUT2D eigenvalue weighted by molar-refractivity contribution is 0.111. The number of methoxy groups -OCH3 is 2. The van der Waals surface area contributed by atoms with Gasteiger partial charge in [0.1, 0.15) is 17.1 Å². The molecule has 11 heteroatoms. The van der Waals surface area contributed by atoms with Crippen LogP contribution in [0.3, 0.4) is 0 Å². The van der Waals surface area contributed by atoms with Crippen molar-refractivity contribution in [3.05, 3.63) is 64.6 Å². The number of urea groups is 1. The van der Waals surface area contributed by atoms with Crippen LogP contribution in [0.15, 0.2) is 30.6 Å². The first kappa shape index (κ1) is 23.6. The molecule has 4 rings (SSSR count). The number of hydrogen-bond acceptors (Lipinski definition) is 7. The van der Waals surface area contributed by atoms with Crippen molar-refractivity contribution in [3.8, 4) is 23.3 Å². The van der Waals surface area contributed by atoms with Gasteiger partial charge in [-0.05, 0) is 24.5 Å². The Balaban J connectivity index is 1.52. The average molecular weight is 479 g/mol. The Kier molecular flexibility index (Phi) is 6.82. The molecule has 1 aliphatic rings. The largest absolute Gasteiger partial charge is 0.493 e. The van der Waals surface area contributed by atoms with Gasteiger partial charge in [-0.25, -0.2) is 28.5 Å². The Morgan fingerprint density at radius 1 is 1.11 bits per heavy atom. The maximum absolute atomic E-state index is 14.5. The number of amides is 2. The van der Waals surface area contributed by atoms with E-state index in [-0.39, 0.29) is 28.7 Å². The third-order valence-electron chi connectivity index (χ3n) is 5.20. The van der Waals surface area contributed by atoms with E-state index in [1.165, 1.54) is 31.5 Å². The van der Waals surface area contributed by atoms with Crippen LogP contribution in [0.2, 0.25) is 0 Å². The SMILES string of the molecule is COc1cc(OC)c(F)c(C#Cc2cnc(NC(=O)N3CCCc4ccc(C=O)nc43)nc2)c1F. The minimum Gasteiger partial charge on any atom is -0.493 e. The smallest absolute Gasteiger partial charge is 0.329 e. The maximum atomic E-state index is 14.5. The number of hydrogen-bond donors (Lipinski definition) is 1. The van der Waals surface area contributed by atoms with Crippen molar-refractivity contribution < 1.29 is 27.8 Å². The zero-order valence-electron chi connectivity index (χ0n) is 18.8. The molecule has 2 amide bonds. The van der Waals surface area contributed by atoms with Gasteiger partial charge in [-0.1, -0.05) is 17.9 Å². The van der Waals surface area contributed by atoms with Crippen LogP contribution in [-0.2, 0) is 6.42 Å². The molecule has 35 heavy (non-hydrogen) atoms. The van der Waals surface area contributed by atoms with Gasteiger partial charge in [-0.2, -0.15) is 0 Å². The Morgan fingerprint density at radius 2 is 1.80 bits per heavy atom. The summed E-state index contributed by atoms with van der Waals surface area (Å²) in [4.78, 5) is 37.6. The predicted octanol–water partition coefficient (Wildman–Crippen LogP) is 3.36. The van der Waals surface area contributed by atoms with E-state index in [1.54, 1.807) is 12.1 Å². The van der Waals surface area contributed by atoms with E-state index in [0.29, 0.717) is 18.6 Å². The number of pyridine rings is 1. The molecule has 0 atom stereocenters. The Morgan fingerprint density at radius 3 is 2.43 bits per heavy atom. The summed E-state index contributed by atoms with van der Waals surface area (Å²) in [6.07, 6.45) is 4.70. The standard InChI is InChI=1S/C24H19F2N5O4/c1-34-18-10-19(35-2)21(26)17(20(18)25)8-5-14-11-27-23(28-12-14)30-24(33)31-9-3-4-15-6-7-16(13-32)29-22(15)31/h6-7,10-13H,3-4,9H2,1-2H3,(H,27,28,30,33). The molecule has 1 aromatic carbocycles. The summed E-state index contributed by atoms with van der Waals surface area (Å²) in [5.74, 6) is 3.06. The molecule has 0 unspecified atom stereocenters. The van der Waals surface area contributed by atoms with Crippen LogP contribution < -0.4 is 19.7 Å². The van der Waals surface area contributed by atoms with Crippen molar-refractivity contribution >= 4 is 24.1 Å². The van der Waals surface area contributed by atoms with Gasteiger partial charge in [0.2, 0.25) is 5.95 Å². The zero-order valence-corrected chi connectivity index (χ0v) is 18.8. The number of aromatic nitrogens is 3. The van der Waals surface area contributed by atoms with Crippen LogP contribution in [-0.4, -0.2) is 48.0 Å². The molecule has 2 aromatic heterocycles. The minimum absolute atomic E-state index is 0.000346. The first-order valence-corrected chi connectivity index (χ1v) is 10.4. The zero-order chi connectivity index (χ0) is 24.9. The molecule has 1 aliphatic heterocycles. The minimum atomic E-state index is -0.962. The summed E-state index contributed by atoms with van der Waals surface area (Å²) < 4.78 is 38.7. The molecule has 1 N–H and O–H groups in total. The highest BCUT2D eigenvalue weighted by Crippen LogP contribution is 2.30. The van der Waals surface area contributed by atoms with Crippen molar-refractivity contribution in [2.45, 2.75) is 12.8 Å². The highest BCUT2D eigenvalue weighted by atomic mass is 19.1. The monoisotopic (exact) mass is 479 g/mol. The summed E-state index contributed by atoms with van der Waals surface area (Å²) >= 11 is 0. The number of aldehydes is 1. The highest BCUT2D eigenvalue weighted by Gasteiger charge is 2.25. The van der Waals surface area contributed by atoms with Gasteiger partial charge in [-0.15, -0.1) is 0 Å². The second-order valence-electron chi connectivity index (χ2n) is 7.35. The second-order valence-corrected chi connectivity index (χ2v) is 7.35. The van der Waals surface area contributed by atoms with E-state index in [2.05, 4.69) is 32.1 Å². The summed E-state index contributed by atoms with van der Waals surface area (Å²) in [6.45, 7) is 0.416. The van der Waals surface area contributed by atoms with Crippen LogP contribution in [0.25, 0.3) is 0 Å². The lowest BCUT2D eigenvalue weighted by Gasteiger charge is -2.28. The van der Waals surface area contributed by atoms with Gasteiger partial charge in [0.25, 0.3) is 0 Å². The first-order valence-electron chi connectivity index (χ1n) is 10.4. The second kappa shape index (κ2) is 10.1. The molecule has 0 bridgehead atoms. The number of carbonyl (C=O) groups is 2. The van der Waals surface area contributed by atoms with Gasteiger partial charge < -0.3 is 9.47 Å². The number of rotatable bonds is 4. The van der Waals surface area contributed by atoms with E-state index in [1.807, 2.05) is 0 Å². The average Bonchev–Trinajstić information content (AvgIpc) is 2.89. The number of fused-ring (bicyclic) bond motifs is 1. The molecule has 9 nitrogen and oxygen atoms in total. The maximum Gasteiger partial charge on any atom is 0.329 e. The molecule has 0 radical (unpaired) electrons. The number of ether oxygens (including phenoxy) is 2. The highest BCUT2D eigenvalue weighted by molar-refractivity contribution is 6.01. The van der Waals surface area contributed by atoms with E-state index in [0.717, 1.165) is 24.5 Å². The number of halogens is 2. The third kappa shape index (κ3) is 4.86. The van der Waals surface area contributed by atoms with Gasteiger partial charge in [-0.3, -0.25) is 15.0 Å². The molecule has 0 spiro atoms. The van der Waals surface area contributed by atoms with E-state index < -0.39 is 23.2 Å². The van der Waals surface area contributed by atoms with Gasteiger partial charge in [0, 0.05) is 25.0 Å². The van der Waals surface area contributed by atoms with Crippen LogP contribution >= 0.6 is 0 Å². The van der Waals surface area contributed by atoms with E-state index in [4.69, 9.17) is 9.47 Å². The molecule has 3 heterocycles. The predicted molar refractivity (Wildman–Crippen MR) is 122 cm³/mol. The number of nitrogens with zero attached hydrogens (tertiary/aromatic N) is 4. The molecule has 178 valence electrons. The molecule has 0 fully saturated rings. The lowest BCUT2D eigenvalue weighted by Crippen LogP contribution is -2.39.